The average molecular weight is 219 g/mol. The van der Waals surface area contributed by atoms with Crippen LogP contribution in [0.15, 0.2) is 30.0 Å². The Kier molecular flexibility index (Phi) is 2.81. The third-order valence-corrected chi connectivity index (χ3v) is 2.43. The van der Waals surface area contributed by atoms with E-state index in [4.69, 9.17) is 15.2 Å². The molecule has 1 aromatic rings. The Morgan fingerprint density at radius 1 is 1.50 bits per heavy atom. The fourth-order valence-corrected chi connectivity index (χ4v) is 1.58. The van der Waals surface area contributed by atoms with E-state index in [1.807, 2.05) is 0 Å². The fourth-order valence-electron chi connectivity index (χ4n) is 1.58. The van der Waals surface area contributed by atoms with Gasteiger partial charge in [-0.15, -0.1) is 0 Å². The van der Waals surface area contributed by atoms with Crippen LogP contribution >= 0.6 is 0 Å². The van der Waals surface area contributed by atoms with Crippen molar-refractivity contribution in [3.63, 3.8) is 0 Å². The Labute approximate surface area is 93.7 Å². The number of hydrogen-bond donors (Lipinski definition) is 1. The summed E-state index contributed by atoms with van der Waals surface area (Å²) >= 11 is 0. The zero-order valence-corrected chi connectivity index (χ0v) is 9.03. The molecule has 0 amide bonds. The first-order valence-corrected chi connectivity index (χ1v) is 5.03. The maximum Gasteiger partial charge on any atom is 0.229 e. The Morgan fingerprint density at radius 2 is 2.31 bits per heavy atom. The van der Waals surface area contributed by atoms with Gasteiger partial charge in [0.05, 0.1) is 13.7 Å². The average Bonchev–Trinajstić information content (AvgIpc) is 2.81. The smallest absolute Gasteiger partial charge is 0.229 e. The monoisotopic (exact) mass is 219 g/mol. The number of benzene rings is 1. The highest BCUT2D eigenvalue weighted by atomic mass is 16.5. The maximum atomic E-state index is 12.0. The van der Waals surface area contributed by atoms with E-state index >= 15 is 0 Å². The zero-order chi connectivity index (χ0) is 11.5. The van der Waals surface area contributed by atoms with Gasteiger partial charge in [-0.2, -0.15) is 0 Å². The number of rotatable bonds is 3. The van der Waals surface area contributed by atoms with Crippen molar-refractivity contribution in [3.8, 4) is 5.75 Å². The Hall–Kier alpha value is -1.97. The number of allylic oxidation sites excluding steroid dienone is 1. The van der Waals surface area contributed by atoms with Crippen LogP contribution in [0.5, 0.6) is 5.75 Å². The van der Waals surface area contributed by atoms with Crippen molar-refractivity contribution in [3.05, 3.63) is 35.6 Å². The lowest BCUT2D eigenvalue weighted by atomic mass is 10.1. The number of nitrogen functional groups attached to an aromatic ring is 1. The number of Topliss-reactive ketones (excluding diaryl/α,β-unsaturated/α-hetero) is 1. The van der Waals surface area contributed by atoms with Crippen LogP contribution < -0.4 is 10.5 Å². The molecule has 0 saturated heterocycles. The topological polar surface area (TPSA) is 61.5 Å². The zero-order valence-electron chi connectivity index (χ0n) is 9.03. The molecule has 0 fully saturated rings. The normalized spacial score (nSPS) is 14.2. The summed E-state index contributed by atoms with van der Waals surface area (Å²) < 4.78 is 10.2. The molecule has 0 saturated carbocycles. The van der Waals surface area contributed by atoms with Crippen LogP contribution in [0.25, 0.3) is 0 Å². The van der Waals surface area contributed by atoms with Crippen molar-refractivity contribution in [2.75, 3.05) is 19.5 Å². The molecule has 0 radical (unpaired) electrons. The molecule has 16 heavy (non-hydrogen) atoms. The summed E-state index contributed by atoms with van der Waals surface area (Å²) in [7, 11) is 1.55. The summed E-state index contributed by atoms with van der Waals surface area (Å²) in [5.74, 6) is 0.852. The Balaban J connectivity index is 2.30. The van der Waals surface area contributed by atoms with Crippen LogP contribution in [0.1, 0.15) is 16.8 Å². The molecule has 1 aliphatic heterocycles. The van der Waals surface area contributed by atoms with Gasteiger partial charge in [-0.25, -0.2) is 0 Å². The number of nitrogens with two attached hydrogens (primary N) is 1. The molecule has 0 unspecified atom stereocenters. The van der Waals surface area contributed by atoms with E-state index in [0.29, 0.717) is 29.4 Å². The minimum atomic E-state index is -0.169. The van der Waals surface area contributed by atoms with Crippen LogP contribution in [0.2, 0.25) is 0 Å². The summed E-state index contributed by atoms with van der Waals surface area (Å²) in [5, 5.41) is 0. The van der Waals surface area contributed by atoms with E-state index in [1.54, 1.807) is 31.4 Å². The Bertz CT molecular complexity index is 452. The summed E-state index contributed by atoms with van der Waals surface area (Å²) in [4.78, 5) is 12.0. The number of ether oxygens (including phenoxy) is 2. The third kappa shape index (κ3) is 1.86. The third-order valence-electron chi connectivity index (χ3n) is 2.43. The van der Waals surface area contributed by atoms with E-state index in [2.05, 4.69) is 0 Å². The first-order valence-electron chi connectivity index (χ1n) is 5.03. The van der Waals surface area contributed by atoms with Gasteiger partial charge in [0, 0.05) is 23.7 Å². The van der Waals surface area contributed by atoms with E-state index in [1.165, 1.54) is 0 Å². The number of anilines is 1. The molecule has 1 aromatic carbocycles. The number of methoxy groups -OCH3 is 1. The highest BCUT2D eigenvalue weighted by molar-refractivity contribution is 6.10. The molecule has 1 heterocycles. The van der Waals surface area contributed by atoms with Gasteiger partial charge < -0.3 is 15.2 Å². The fraction of sp³-hybridized carbons (Fsp3) is 0.250. The quantitative estimate of drug-likeness (QED) is 0.621. The molecule has 2 rings (SSSR count). The van der Waals surface area contributed by atoms with Crippen molar-refractivity contribution in [2.24, 2.45) is 0 Å². The second kappa shape index (κ2) is 4.26. The number of hydrogen-bond acceptors (Lipinski definition) is 4. The summed E-state index contributed by atoms with van der Waals surface area (Å²) in [6.45, 7) is 0.567. The molecule has 2 N–H and O–H groups in total. The molecule has 4 nitrogen and oxygen atoms in total. The molecule has 1 aliphatic rings. The van der Waals surface area contributed by atoms with Crippen molar-refractivity contribution < 1.29 is 14.3 Å². The van der Waals surface area contributed by atoms with Gasteiger partial charge in [0.2, 0.25) is 5.78 Å². The van der Waals surface area contributed by atoms with Crippen LogP contribution in [-0.4, -0.2) is 19.5 Å². The first kappa shape index (κ1) is 10.5. The molecule has 84 valence electrons. The molecule has 0 bridgehead atoms. The number of carbonyl (C=O) groups excluding carboxylic acids is 1. The number of carbonyl (C=O) groups is 1. The van der Waals surface area contributed by atoms with Crippen molar-refractivity contribution >= 4 is 11.5 Å². The van der Waals surface area contributed by atoms with Gasteiger partial charge in [-0.1, -0.05) is 0 Å². The standard InChI is InChI=1S/C12H13NO3/c1-15-8-4-5-9(10(13)7-8)12(14)11-3-2-6-16-11/h3-5,7H,2,6,13H2,1H3. The van der Waals surface area contributed by atoms with Crippen LogP contribution in [0.4, 0.5) is 5.69 Å². The summed E-state index contributed by atoms with van der Waals surface area (Å²) in [6.07, 6.45) is 2.56. The lowest BCUT2D eigenvalue weighted by molar-refractivity contribution is 0.0943. The summed E-state index contributed by atoms with van der Waals surface area (Å²) in [6, 6.07) is 4.99. The summed E-state index contributed by atoms with van der Waals surface area (Å²) in [5.41, 5.74) is 6.64. The lowest BCUT2D eigenvalue weighted by Crippen LogP contribution is -2.07. The van der Waals surface area contributed by atoms with Gasteiger partial charge in [0.15, 0.2) is 5.76 Å². The van der Waals surface area contributed by atoms with Crippen LogP contribution in [0, 0.1) is 0 Å². The van der Waals surface area contributed by atoms with Crippen molar-refractivity contribution in [1.82, 2.24) is 0 Å². The van der Waals surface area contributed by atoms with Crippen molar-refractivity contribution in [2.45, 2.75) is 6.42 Å². The molecular formula is C12H13NO3. The highest BCUT2D eigenvalue weighted by Gasteiger charge is 2.19. The van der Waals surface area contributed by atoms with Crippen LogP contribution in [0.3, 0.4) is 0 Å². The SMILES string of the molecule is COc1ccc(C(=O)C2=CCCO2)c(N)c1. The maximum absolute atomic E-state index is 12.0. The molecule has 0 aliphatic carbocycles. The van der Waals surface area contributed by atoms with Crippen molar-refractivity contribution in [1.29, 1.82) is 0 Å². The van der Waals surface area contributed by atoms with Crippen LogP contribution in [-0.2, 0) is 4.74 Å². The van der Waals surface area contributed by atoms with Gasteiger partial charge in [0.25, 0.3) is 0 Å². The molecule has 0 atom stereocenters. The van der Waals surface area contributed by atoms with E-state index in [0.717, 1.165) is 6.42 Å². The largest absolute Gasteiger partial charge is 0.497 e. The second-order valence-corrected chi connectivity index (χ2v) is 3.49. The first-order chi connectivity index (χ1) is 7.72. The molecular weight excluding hydrogens is 206 g/mol. The van der Waals surface area contributed by atoms with Gasteiger partial charge in [-0.05, 0) is 18.2 Å². The predicted molar refractivity (Wildman–Crippen MR) is 60.4 cm³/mol. The predicted octanol–water partition coefficient (Wildman–Crippen LogP) is 1.76. The van der Waals surface area contributed by atoms with Gasteiger partial charge >= 0.3 is 0 Å². The minimum absolute atomic E-state index is 0.169. The van der Waals surface area contributed by atoms with Gasteiger partial charge in [-0.3, -0.25) is 4.79 Å². The van der Waals surface area contributed by atoms with Gasteiger partial charge in [0.1, 0.15) is 5.75 Å². The molecule has 0 spiro atoms. The van der Waals surface area contributed by atoms with E-state index in [9.17, 15) is 4.79 Å². The van der Waals surface area contributed by atoms with E-state index < -0.39 is 0 Å². The minimum Gasteiger partial charge on any atom is -0.497 e. The Morgan fingerprint density at radius 3 is 2.88 bits per heavy atom. The lowest BCUT2D eigenvalue weighted by Gasteiger charge is -2.07. The number of ketones is 1. The van der Waals surface area contributed by atoms with E-state index in [-0.39, 0.29) is 5.78 Å². The second-order valence-electron chi connectivity index (χ2n) is 3.49. The highest BCUT2D eigenvalue weighted by Crippen LogP contribution is 2.24. The molecule has 0 aromatic heterocycles. The molecule has 4 heteroatoms.